The topological polar surface area (TPSA) is 72.2 Å². The van der Waals surface area contributed by atoms with Crippen molar-refractivity contribution in [2.75, 3.05) is 0 Å². The molecule has 116 valence electrons. The van der Waals surface area contributed by atoms with E-state index in [1.165, 1.54) is 0 Å². The minimum Gasteiger partial charge on any atom is -0.271 e. The molecule has 0 aliphatic carbocycles. The van der Waals surface area contributed by atoms with Gasteiger partial charge < -0.3 is 0 Å². The van der Waals surface area contributed by atoms with Crippen LogP contribution in [-0.2, 0) is 11.3 Å². The van der Waals surface area contributed by atoms with Gasteiger partial charge in [0, 0.05) is 10.0 Å². The number of hydrogen-bond donors (Lipinski definition) is 1. The van der Waals surface area contributed by atoms with Gasteiger partial charge in [0.05, 0.1) is 11.2 Å². The maximum Gasteiger partial charge on any atom is 0.261 e. The van der Waals surface area contributed by atoms with Crippen LogP contribution in [-0.4, -0.2) is 26.6 Å². The molecule has 0 saturated heterocycles. The summed E-state index contributed by atoms with van der Waals surface area (Å²) >= 11 is 3.46. The summed E-state index contributed by atoms with van der Waals surface area (Å²) in [7, 11) is 0. The Balaban J connectivity index is 1.70. The third-order valence-electron chi connectivity index (χ3n) is 3.33. The van der Waals surface area contributed by atoms with E-state index in [1.54, 1.807) is 4.68 Å². The number of hydrogen-bond acceptors (Lipinski definition) is 4. The fourth-order valence-corrected chi connectivity index (χ4v) is 2.74. The third-order valence-corrected chi connectivity index (χ3v) is 4.02. The molecule has 1 heterocycles. The summed E-state index contributed by atoms with van der Waals surface area (Å²) in [4.78, 5) is 12.1. The van der Waals surface area contributed by atoms with Crippen LogP contribution in [0.3, 0.4) is 0 Å². The van der Waals surface area contributed by atoms with Crippen molar-refractivity contribution >= 4 is 38.6 Å². The lowest BCUT2D eigenvalue weighted by molar-refractivity contribution is -0.121. The minimum atomic E-state index is -0.257. The smallest absolute Gasteiger partial charge is 0.261 e. The molecule has 1 amide bonds. The molecule has 0 aliphatic heterocycles. The number of nitrogens with one attached hydrogen (secondary N) is 1. The number of carbonyl (C=O) groups is 1. The van der Waals surface area contributed by atoms with Crippen molar-refractivity contribution in [1.29, 1.82) is 0 Å². The number of carbonyl (C=O) groups excluding carboxylic acids is 1. The molecule has 0 unspecified atom stereocenters. The average Bonchev–Trinajstić information content (AvgIpc) is 2.96. The highest BCUT2D eigenvalue weighted by molar-refractivity contribution is 9.10. The third kappa shape index (κ3) is 3.45. The second-order valence-corrected chi connectivity index (χ2v) is 5.80. The maximum atomic E-state index is 12.1. The van der Waals surface area contributed by atoms with E-state index in [1.807, 2.05) is 55.5 Å². The largest absolute Gasteiger partial charge is 0.271 e. The summed E-state index contributed by atoms with van der Waals surface area (Å²) in [6.07, 6.45) is 0. The number of para-hydroxylation sites is 1. The van der Waals surface area contributed by atoms with Gasteiger partial charge in [-0.1, -0.05) is 51.5 Å². The number of fused-ring (bicyclic) bond motifs is 1. The molecule has 0 aliphatic rings. The summed E-state index contributed by atoms with van der Waals surface area (Å²) in [6, 6.07) is 15.2. The highest BCUT2D eigenvalue weighted by Gasteiger charge is 2.08. The molecule has 3 rings (SSSR count). The van der Waals surface area contributed by atoms with Crippen LogP contribution in [0.15, 0.2) is 58.1 Å². The van der Waals surface area contributed by atoms with Crippen molar-refractivity contribution in [1.82, 2.24) is 20.4 Å². The maximum absolute atomic E-state index is 12.1. The highest BCUT2D eigenvalue weighted by Crippen LogP contribution is 2.16. The molecule has 0 fully saturated rings. The molecule has 1 aromatic heterocycles. The van der Waals surface area contributed by atoms with Crippen LogP contribution in [0.25, 0.3) is 11.0 Å². The van der Waals surface area contributed by atoms with Gasteiger partial charge in [0.25, 0.3) is 5.91 Å². The number of amides is 1. The average molecular weight is 372 g/mol. The molecule has 3 aromatic rings. The molecule has 1 N–H and O–H groups in total. The van der Waals surface area contributed by atoms with Crippen LogP contribution in [0.5, 0.6) is 0 Å². The van der Waals surface area contributed by atoms with E-state index in [0.717, 1.165) is 21.1 Å². The first kappa shape index (κ1) is 15.4. The molecule has 0 radical (unpaired) electrons. The Kier molecular flexibility index (Phi) is 4.47. The van der Waals surface area contributed by atoms with Gasteiger partial charge >= 0.3 is 0 Å². The molecule has 0 saturated carbocycles. The summed E-state index contributed by atoms with van der Waals surface area (Å²) in [5.74, 6) is -0.257. The zero-order valence-electron chi connectivity index (χ0n) is 12.4. The first-order valence-electron chi connectivity index (χ1n) is 7.01. The summed E-state index contributed by atoms with van der Waals surface area (Å²) in [5.41, 5.74) is 5.77. The Morgan fingerprint density at radius 3 is 2.78 bits per heavy atom. The molecular formula is C16H14BrN5O. The molecule has 23 heavy (non-hydrogen) atoms. The van der Waals surface area contributed by atoms with Gasteiger partial charge in [-0.05, 0) is 25.1 Å². The summed E-state index contributed by atoms with van der Waals surface area (Å²) in [5, 5.41) is 12.1. The van der Waals surface area contributed by atoms with E-state index in [9.17, 15) is 4.79 Å². The molecule has 6 nitrogen and oxygen atoms in total. The molecule has 7 heteroatoms. The number of aromatic nitrogens is 3. The second kappa shape index (κ2) is 6.70. The van der Waals surface area contributed by atoms with E-state index in [0.29, 0.717) is 5.71 Å². The van der Waals surface area contributed by atoms with Crippen LogP contribution in [0.2, 0.25) is 0 Å². The monoisotopic (exact) mass is 371 g/mol. The van der Waals surface area contributed by atoms with Crippen LogP contribution in [0.1, 0.15) is 12.5 Å². The lowest BCUT2D eigenvalue weighted by Gasteiger charge is -2.05. The SMILES string of the molecule is C/C(=N/NC(=O)Cn1nnc2ccccc21)c1ccccc1Br. The van der Waals surface area contributed by atoms with Gasteiger partial charge in [-0.15, -0.1) is 5.10 Å². The van der Waals surface area contributed by atoms with Gasteiger partial charge in [-0.2, -0.15) is 5.10 Å². The molecular weight excluding hydrogens is 358 g/mol. The van der Waals surface area contributed by atoms with Crippen molar-refractivity contribution < 1.29 is 4.79 Å². The van der Waals surface area contributed by atoms with E-state index >= 15 is 0 Å². The second-order valence-electron chi connectivity index (χ2n) is 4.95. The Morgan fingerprint density at radius 2 is 1.96 bits per heavy atom. The zero-order chi connectivity index (χ0) is 16.2. The van der Waals surface area contributed by atoms with Gasteiger partial charge in [0.15, 0.2) is 0 Å². The Hall–Kier alpha value is -2.54. The highest BCUT2D eigenvalue weighted by atomic mass is 79.9. The predicted molar refractivity (Wildman–Crippen MR) is 92.0 cm³/mol. The van der Waals surface area contributed by atoms with Crippen molar-refractivity contribution in [3.8, 4) is 0 Å². The summed E-state index contributed by atoms with van der Waals surface area (Å²) < 4.78 is 2.48. The zero-order valence-corrected chi connectivity index (χ0v) is 14.0. The van der Waals surface area contributed by atoms with Gasteiger partial charge in [0.1, 0.15) is 12.1 Å². The Bertz CT molecular complexity index is 887. The van der Waals surface area contributed by atoms with Crippen molar-refractivity contribution in [3.05, 3.63) is 58.6 Å². The van der Waals surface area contributed by atoms with Crippen LogP contribution < -0.4 is 5.43 Å². The normalized spacial score (nSPS) is 11.7. The lowest BCUT2D eigenvalue weighted by atomic mass is 10.1. The standard InChI is InChI=1S/C16H14BrN5O/c1-11(12-6-2-3-7-13(12)17)18-20-16(23)10-22-15-9-5-4-8-14(15)19-21-22/h2-9H,10H2,1H3,(H,20,23)/b18-11-. The molecule has 0 bridgehead atoms. The van der Waals surface area contributed by atoms with Crippen molar-refractivity contribution in [3.63, 3.8) is 0 Å². The van der Waals surface area contributed by atoms with Crippen molar-refractivity contribution in [2.45, 2.75) is 13.5 Å². The van der Waals surface area contributed by atoms with Gasteiger partial charge in [-0.3, -0.25) is 4.79 Å². The van der Waals surface area contributed by atoms with Gasteiger partial charge in [-0.25, -0.2) is 10.1 Å². The number of halogens is 1. The lowest BCUT2D eigenvalue weighted by Crippen LogP contribution is -2.24. The molecule has 2 aromatic carbocycles. The molecule has 0 atom stereocenters. The van der Waals surface area contributed by atoms with E-state index in [2.05, 4.69) is 36.8 Å². The van der Waals surface area contributed by atoms with Crippen LogP contribution in [0, 0.1) is 0 Å². The minimum absolute atomic E-state index is 0.0628. The Labute approximate surface area is 141 Å². The fourth-order valence-electron chi connectivity index (χ4n) is 2.17. The predicted octanol–water partition coefficient (Wildman–Crippen LogP) is 2.73. The van der Waals surface area contributed by atoms with E-state index in [4.69, 9.17) is 0 Å². The van der Waals surface area contributed by atoms with Crippen LogP contribution >= 0.6 is 15.9 Å². The van der Waals surface area contributed by atoms with Crippen molar-refractivity contribution in [2.24, 2.45) is 5.10 Å². The number of nitrogens with zero attached hydrogens (tertiary/aromatic N) is 4. The fraction of sp³-hybridized carbons (Fsp3) is 0.125. The van der Waals surface area contributed by atoms with Gasteiger partial charge in [0.2, 0.25) is 0 Å². The quantitative estimate of drug-likeness (QED) is 0.566. The number of benzene rings is 2. The Morgan fingerprint density at radius 1 is 1.22 bits per heavy atom. The number of rotatable bonds is 4. The van der Waals surface area contributed by atoms with E-state index < -0.39 is 0 Å². The summed E-state index contributed by atoms with van der Waals surface area (Å²) in [6.45, 7) is 1.90. The first-order valence-corrected chi connectivity index (χ1v) is 7.81. The molecule has 0 spiro atoms. The van der Waals surface area contributed by atoms with E-state index in [-0.39, 0.29) is 12.5 Å². The number of hydrazone groups is 1. The van der Waals surface area contributed by atoms with Crippen LogP contribution in [0.4, 0.5) is 0 Å². The first-order chi connectivity index (χ1) is 11.1.